The van der Waals surface area contributed by atoms with Gasteiger partial charge in [0.15, 0.2) is 5.96 Å². The van der Waals surface area contributed by atoms with Gasteiger partial charge in [-0.1, -0.05) is 13.8 Å². The molecule has 1 aromatic rings. The summed E-state index contributed by atoms with van der Waals surface area (Å²) < 4.78 is 36.3. The number of hydrogen-bond donors (Lipinski definition) is 2. The zero-order valence-electron chi connectivity index (χ0n) is 18.7. The molecule has 1 fully saturated rings. The van der Waals surface area contributed by atoms with E-state index in [0.717, 1.165) is 43.1 Å². The van der Waals surface area contributed by atoms with Crippen molar-refractivity contribution in [1.29, 1.82) is 0 Å². The van der Waals surface area contributed by atoms with Gasteiger partial charge in [-0.15, -0.1) is 24.0 Å². The fraction of sp³-hybridized carbons (Fsp3) is 0.667. The third-order valence-corrected chi connectivity index (χ3v) is 6.32. The van der Waals surface area contributed by atoms with Crippen molar-refractivity contribution in [1.82, 2.24) is 10.6 Å². The van der Waals surface area contributed by atoms with Crippen molar-refractivity contribution in [3.63, 3.8) is 0 Å². The summed E-state index contributed by atoms with van der Waals surface area (Å²) in [4.78, 5) is 6.62. The van der Waals surface area contributed by atoms with Crippen molar-refractivity contribution in [3.05, 3.63) is 29.6 Å². The van der Waals surface area contributed by atoms with Gasteiger partial charge in [-0.3, -0.25) is 4.99 Å². The summed E-state index contributed by atoms with van der Waals surface area (Å²) in [6, 6.07) is 5.17. The number of guanidine groups is 1. The van der Waals surface area contributed by atoms with E-state index in [2.05, 4.69) is 34.4 Å². The lowest BCUT2D eigenvalue weighted by Crippen LogP contribution is -2.52. The van der Waals surface area contributed by atoms with Crippen molar-refractivity contribution in [2.45, 2.75) is 46.1 Å². The van der Waals surface area contributed by atoms with E-state index >= 15 is 0 Å². The van der Waals surface area contributed by atoms with Crippen LogP contribution in [-0.4, -0.2) is 59.1 Å². The second-order valence-electron chi connectivity index (χ2n) is 8.83. The predicted octanol–water partition coefficient (Wildman–Crippen LogP) is 3.35. The molecule has 2 N–H and O–H groups in total. The number of aliphatic imine (C=N–C) groups is 1. The van der Waals surface area contributed by atoms with Gasteiger partial charge in [0.1, 0.15) is 15.7 Å². The Morgan fingerprint density at radius 1 is 1.37 bits per heavy atom. The van der Waals surface area contributed by atoms with Crippen LogP contribution in [0.5, 0.6) is 0 Å². The van der Waals surface area contributed by atoms with Gasteiger partial charge >= 0.3 is 0 Å². The first-order chi connectivity index (χ1) is 13.5. The number of nitrogens with one attached hydrogen (secondary N) is 2. The van der Waals surface area contributed by atoms with Crippen molar-refractivity contribution in [3.8, 4) is 0 Å². The Bertz CT molecular complexity index is 830. The smallest absolute Gasteiger partial charge is 0.191 e. The molecule has 1 aliphatic heterocycles. The zero-order chi connectivity index (χ0) is 21.7. The molecule has 0 aromatic heterocycles. The lowest BCUT2D eigenvalue weighted by atomic mass is 9.90. The quantitative estimate of drug-likeness (QED) is 0.308. The molecule has 6 nitrogen and oxygen atoms in total. The first kappa shape index (κ1) is 26.9. The van der Waals surface area contributed by atoms with E-state index < -0.39 is 9.84 Å². The first-order valence-electron chi connectivity index (χ1n) is 10.1. The number of benzene rings is 1. The SMILES string of the molecule is CN=C(NCC(C)(C)CCS(C)(=O)=O)NC1CCCN(c2ccc(F)cc2C)C1.I. The second-order valence-corrected chi connectivity index (χ2v) is 11.1. The highest BCUT2D eigenvalue weighted by molar-refractivity contribution is 14.0. The van der Waals surface area contributed by atoms with E-state index in [1.165, 1.54) is 12.3 Å². The molecule has 30 heavy (non-hydrogen) atoms. The number of aryl methyl sites for hydroxylation is 1. The highest BCUT2D eigenvalue weighted by atomic mass is 127. The summed E-state index contributed by atoms with van der Waals surface area (Å²) in [6.07, 6.45) is 3.95. The Morgan fingerprint density at radius 3 is 2.67 bits per heavy atom. The van der Waals surface area contributed by atoms with Crippen LogP contribution in [0.25, 0.3) is 0 Å². The molecule has 0 radical (unpaired) electrons. The molecule has 0 bridgehead atoms. The van der Waals surface area contributed by atoms with Gasteiger partial charge in [0.05, 0.1) is 5.75 Å². The number of piperidine rings is 1. The second kappa shape index (κ2) is 11.5. The molecule has 0 aliphatic carbocycles. The molecule has 2 rings (SSSR count). The Labute approximate surface area is 198 Å². The molecule has 1 heterocycles. The summed E-state index contributed by atoms with van der Waals surface area (Å²) in [5.74, 6) is 0.698. The van der Waals surface area contributed by atoms with Crippen LogP contribution < -0.4 is 15.5 Å². The number of anilines is 1. The molecule has 0 amide bonds. The van der Waals surface area contributed by atoms with Gasteiger partial charge in [-0.25, -0.2) is 12.8 Å². The van der Waals surface area contributed by atoms with Crippen LogP contribution in [0.2, 0.25) is 0 Å². The van der Waals surface area contributed by atoms with Gasteiger partial charge in [-0.2, -0.15) is 0 Å². The van der Waals surface area contributed by atoms with E-state index in [1.54, 1.807) is 13.1 Å². The fourth-order valence-corrected chi connectivity index (χ4v) is 4.47. The van der Waals surface area contributed by atoms with Gasteiger partial charge in [0.25, 0.3) is 0 Å². The normalized spacial score (nSPS) is 18.0. The zero-order valence-corrected chi connectivity index (χ0v) is 21.8. The van der Waals surface area contributed by atoms with Crippen molar-refractivity contribution < 1.29 is 12.8 Å². The van der Waals surface area contributed by atoms with E-state index in [1.807, 2.05) is 13.0 Å². The summed E-state index contributed by atoms with van der Waals surface area (Å²) >= 11 is 0. The lowest BCUT2D eigenvalue weighted by molar-refractivity contribution is 0.347. The number of halogens is 2. The maximum atomic E-state index is 13.4. The monoisotopic (exact) mass is 554 g/mol. The molecule has 0 spiro atoms. The Balaban J connectivity index is 0.00000450. The minimum absolute atomic E-state index is 0. The van der Waals surface area contributed by atoms with Crippen LogP contribution in [-0.2, 0) is 9.84 Å². The minimum Gasteiger partial charge on any atom is -0.369 e. The number of nitrogens with zero attached hydrogens (tertiary/aromatic N) is 2. The number of rotatable bonds is 7. The van der Waals surface area contributed by atoms with Crippen molar-refractivity contribution in [2.75, 3.05) is 43.6 Å². The topological polar surface area (TPSA) is 73.8 Å². The maximum absolute atomic E-state index is 13.4. The van der Waals surface area contributed by atoms with Crippen LogP contribution in [0.3, 0.4) is 0 Å². The van der Waals surface area contributed by atoms with Crippen LogP contribution >= 0.6 is 24.0 Å². The van der Waals surface area contributed by atoms with E-state index in [-0.39, 0.29) is 47.0 Å². The first-order valence-corrected chi connectivity index (χ1v) is 12.2. The molecule has 1 aliphatic rings. The standard InChI is InChI=1S/C21H35FN4O2S.HI/c1-16-13-17(22)8-9-19(16)26-11-6-7-18(14-26)25-20(23-4)24-15-21(2,3)10-12-29(5,27)28;/h8-9,13,18H,6-7,10-12,14-15H2,1-5H3,(H2,23,24,25);1H. The molecular formula is C21H36FIN4O2S. The summed E-state index contributed by atoms with van der Waals surface area (Å²) in [6.45, 7) is 8.46. The largest absolute Gasteiger partial charge is 0.369 e. The number of hydrogen-bond acceptors (Lipinski definition) is 4. The van der Waals surface area contributed by atoms with Gasteiger partial charge < -0.3 is 15.5 Å². The molecule has 172 valence electrons. The van der Waals surface area contributed by atoms with Gasteiger partial charge in [-0.05, 0) is 55.4 Å². The Kier molecular flexibility index (Phi) is 10.3. The number of sulfone groups is 1. The fourth-order valence-electron chi connectivity index (χ4n) is 3.55. The molecule has 9 heteroatoms. The molecule has 0 saturated carbocycles. The molecule has 1 unspecified atom stereocenters. The third kappa shape index (κ3) is 8.95. The van der Waals surface area contributed by atoms with E-state index in [0.29, 0.717) is 13.0 Å². The van der Waals surface area contributed by atoms with Gasteiger partial charge in [0, 0.05) is 44.7 Å². The van der Waals surface area contributed by atoms with Gasteiger partial charge in [0.2, 0.25) is 0 Å². The molecule has 1 aromatic carbocycles. The Hall–Kier alpha value is -1.10. The third-order valence-electron chi connectivity index (χ3n) is 5.37. The van der Waals surface area contributed by atoms with E-state index in [4.69, 9.17) is 0 Å². The molecular weight excluding hydrogens is 518 g/mol. The highest BCUT2D eigenvalue weighted by Gasteiger charge is 2.24. The lowest BCUT2D eigenvalue weighted by Gasteiger charge is -2.36. The van der Waals surface area contributed by atoms with E-state index in [9.17, 15) is 12.8 Å². The highest BCUT2D eigenvalue weighted by Crippen LogP contribution is 2.24. The minimum atomic E-state index is -2.97. The maximum Gasteiger partial charge on any atom is 0.191 e. The Morgan fingerprint density at radius 2 is 2.07 bits per heavy atom. The molecule has 1 saturated heterocycles. The van der Waals surface area contributed by atoms with Crippen LogP contribution in [0.1, 0.15) is 38.7 Å². The van der Waals surface area contributed by atoms with Crippen molar-refractivity contribution >= 4 is 45.5 Å². The van der Waals surface area contributed by atoms with Crippen LogP contribution in [0.4, 0.5) is 10.1 Å². The average molecular weight is 555 g/mol. The van der Waals surface area contributed by atoms with Crippen LogP contribution in [0.15, 0.2) is 23.2 Å². The summed E-state index contributed by atoms with van der Waals surface area (Å²) in [5.41, 5.74) is 1.85. The summed E-state index contributed by atoms with van der Waals surface area (Å²) in [7, 11) is -1.23. The summed E-state index contributed by atoms with van der Waals surface area (Å²) in [5, 5.41) is 6.83. The van der Waals surface area contributed by atoms with Crippen LogP contribution in [0, 0.1) is 18.2 Å². The predicted molar refractivity (Wildman–Crippen MR) is 134 cm³/mol. The molecule has 1 atom stereocenters. The van der Waals surface area contributed by atoms with Crippen molar-refractivity contribution in [2.24, 2.45) is 10.4 Å². The average Bonchev–Trinajstić information content (AvgIpc) is 2.63.